The number of aromatic nitrogens is 1. The summed E-state index contributed by atoms with van der Waals surface area (Å²) in [5.41, 5.74) is 3.71. The van der Waals surface area contributed by atoms with Crippen molar-refractivity contribution in [2.75, 3.05) is 13.6 Å². The minimum Gasteiger partial charge on any atom is -0.391 e. The van der Waals surface area contributed by atoms with Gasteiger partial charge in [0.1, 0.15) is 0 Å². The van der Waals surface area contributed by atoms with E-state index in [1.54, 1.807) is 24.3 Å². The molecule has 0 radical (unpaired) electrons. The number of benzene rings is 1. The zero-order valence-electron chi connectivity index (χ0n) is 13.6. The van der Waals surface area contributed by atoms with E-state index in [1.165, 1.54) is 5.56 Å². The molecule has 120 valence electrons. The summed E-state index contributed by atoms with van der Waals surface area (Å²) in [6.45, 7) is 2.42. The molecule has 0 bridgehead atoms. The Balaban J connectivity index is 1.75. The van der Waals surface area contributed by atoms with Crippen molar-refractivity contribution in [2.24, 2.45) is 5.92 Å². The molecule has 1 aromatic carbocycles. The first-order valence-corrected chi connectivity index (χ1v) is 8.00. The van der Waals surface area contributed by atoms with Crippen molar-refractivity contribution in [3.63, 3.8) is 0 Å². The molecule has 1 unspecified atom stereocenters. The van der Waals surface area contributed by atoms with Gasteiger partial charge in [0.05, 0.1) is 11.7 Å². The largest absolute Gasteiger partial charge is 0.391 e. The molecule has 3 rings (SSSR count). The van der Waals surface area contributed by atoms with E-state index < -0.39 is 6.10 Å². The van der Waals surface area contributed by atoms with Gasteiger partial charge in [-0.2, -0.15) is 0 Å². The summed E-state index contributed by atoms with van der Waals surface area (Å²) < 4.78 is 0. The number of aryl methyl sites for hydroxylation is 1. The third-order valence-electron chi connectivity index (χ3n) is 4.34. The molecular weight excluding hydrogens is 288 g/mol. The standard InChI is InChI=1S/C19H22N2O2/c1-13-3-5-14(6-4-13)16-9-17(11-20-10-16)19(23)21(2)12-18(22)15-7-8-15/h3-6,9-11,15,18,22H,7-8,12H2,1-2H3. The first-order chi connectivity index (χ1) is 11.0. The van der Waals surface area contributed by atoms with Gasteiger partial charge in [0, 0.05) is 31.5 Å². The Morgan fingerprint density at radius 1 is 1.26 bits per heavy atom. The fourth-order valence-electron chi connectivity index (χ4n) is 2.67. The highest BCUT2D eigenvalue weighted by Crippen LogP contribution is 2.32. The fourth-order valence-corrected chi connectivity index (χ4v) is 2.67. The van der Waals surface area contributed by atoms with E-state index >= 15 is 0 Å². The van der Waals surface area contributed by atoms with Crippen LogP contribution >= 0.6 is 0 Å². The number of pyridine rings is 1. The number of amides is 1. The number of likely N-dealkylation sites (N-methyl/N-ethyl adjacent to an activating group) is 1. The van der Waals surface area contributed by atoms with Gasteiger partial charge in [-0.3, -0.25) is 9.78 Å². The molecule has 1 aliphatic carbocycles. The van der Waals surface area contributed by atoms with Crippen LogP contribution in [0.2, 0.25) is 0 Å². The average Bonchev–Trinajstić information content (AvgIpc) is 3.40. The number of carbonyl (C=O) groups excluding carboxylic acids is 1. The second-order valence-corrected chi connectivity index (χ2v) is 6.42. The van der Waals surface area contributed by atoms with E-state index in [1.807, 2.05) is 37.3 Å². The number of nitrogens with zero attached hydrogens (tertiary/aromatic N) is 2. The van der Waals surface area contributed by atoms with Crippen LogP contribution in [-0.2, 0) is 0 Å². The molecule has 0 aliphatic heterocycles. The first kappa shape index (κ1) is 15.7. The van der Waals surface area contributed by atoms with E-state index in [-0.39, 0.29) is 5.91 Å². The zero-order valence-corrected chi connectivity index (χ0v) is 13.6. The maximum absolute atomic E-state index is 12.5. The second kappa shape index (κ2) is 6.50. The lowest BCUT2D eigenvalue weighted by molar-refractivity contribution is 0.0645. The molecule has 0 saturated heterocycles. The minimum atomic E-state index is -0.419. The normalized spacial score (nSPS) is 15.3. The van der Waals surface area contributed by atoms with E-state index in [4.69, 9.17) is 0 Å². The van der Waals surface area contributed by atoms with Gasteiger partial charge in [-0.1, -0.05) is 29.8 Å². The van der Waals surface area contributed by atoms with Crippen molar-refractivity contribution in [2.45, 2.75) is 25.9 Å². The van der Waals surface area contributed by atoms with Crippen molar-refractivity contribution in [3.05, 3.63) is 53.9 Å². The number of aliphatic hydroxyl groups excluding tert-OH is 1. The predicted octanol–water partition coefficient (Wildman–Crippen LogP) is 2.90. The van der Waals surface area contributed by atoms with Gasteiger partial charge in [0.25, 0.3) is 5.91 Å². The van der Waals surface area contributed by atoms with Gasteiger partial charge in [-0.25, -0.2) is 0 Å². The van der Waals surface area contributed by atoms with Gasteiger partial charge < -0.3 is 10.0 Å². The van der Waals surface area contributed by atoms with Crippen LogP contribution in [-0.4, -0.2) is 40.6 Å². The van der Waals surface area contributed by atoms with Gasteiger partial charge in [-0.05, 0) is 37.3 Å². The highest BCUT2D eigenvalue weighted by Gasteiger charge is 2.31. The summed E-state index contributed by atoms with van der Waals surface area (Å²) in [5.74, 6) is 0.258. The van der Waals surface area contributed by atoms with Crippen LogP contribution in [0.25, 0.3) is 11.1 Å². The SMILES string of the molecule is Cc1ccc(-c2cncc(C(=O)N(C)CC(O)C3CC3)c2)cc1. The lowest BCUT2D eigenvalue weighted by Gasteiger charge is -2.20. The molecule has 1 N–H and O–H groups in total. The van der Waals surface area contributed by atoms with Crippen LogP contribution < -0.4 is 0 Å². The van der Waals surface area contributed by atoms with Crippen LogP contribution in [0.3, 0.4) is 0 Å². The molecule has 1 fully saturated rings. The molecule has 1 saturated carbocycles. The summed E-state index contributed by atoms with van der Waals surface area (Å²) in [7, 11) is 1.73. The monoisotopic (exact) mass is 310 g/mol. The first-order valence-electron chi connectivity index (χ1n) is 8.00. The van der Waals surface area contributed by atoms with E-state index in [0.29, 0.717) is 18.0 Å². The van der Waals surface area contributed by atoms with Crippen molar-refractivity contribution in [1.82, 2.24) is 9.88 Å². The summed E-state index contributed by atoms with van der Waals surface area (Å²) >= 11 is 0. The molecular formula is C19H22N2O2. The zero-order chi connectivity index (χ0) is 16.4. The second-order valence-electron chi connectivity index (χ2n) is 6.42. The summed E-state index contributed by atoms with van der Waals surface area (Å²) in [6.07, 6.45) is 5.05. The summed E-state index contributed by atoms with van der Waals surface area (Å²) in [5, 5.41) is 10.0. The molecule has 1 aliphatic rings. The molecule has 23 heavy (non-hydrogen) atoms. The van der Waals surface area contributed by atoms with Crippen LogP contribution in [0.1, 0.15) is 28.8 Å². The highest BCUT2D eigenvalue weighted by atomic mass is 16.3. The topological polar surface area (TPSA) is 53.4 Å². The van der Waals surface area contributed by atoms with Crippen molar-refractivity contribution in [1.29, 1.82) is 0 Å². The highest BCUT2D eigenvalue weighted by molar-refractivity contribution is 5.95. The number of rotatable bonds is 5. The number of carbonyl (C=O) groups is 1. The molecule has 1 atom stereocenters. The fraction of sp³-hybridized carbons (Fsp3) is 0.368. The lowest BCUT2D eigenvalue weighted by Crippen LogP contribution is -2.35. The molecule has 4 heteroatoms. The number of aliphatic hydroxyl groups is 1. The average molecular weight is 310 g/mol. The molecule has 1 heterocycles. The third-order valence-corrected chi connectivity index (χ3v) is 4.34. The van der Waals surface area contributed by atoms with Crippen molar-refractivity contribution >= 4 is 5.91 Å². The van der Waals surface area contributed by atoms with Gasteiger partial charge >= 0.3 is 0 Å². The van der Waals surface area contributed by atoms with E-state index in [2.05, 4.69) is 4.98 Å². The summed E-state index contributed by atoms with van der Waals surface area (Å²) in [6, 6.07) is 10.0. The molecule has 1 aromatic heterocycles. The van der Waals surface area contributed by atoms with Crippen molar-refractivity contribution < 1.29 is 9.90 Å². The Hall–Kier alpha value is -2.20. The van der Waals surface area contributed by atoms with Gasteiger partial charge in [0.2, 0.25) is 0 Å². The maximum atomic E-state index is 12.5. The smallest absolute Gasteiger partial charge is 0.255 e. The molecule has 2 aromatic rings. The van der Waals surface area contributed by atoms with Crippen molar-refractivity contribution in [3.8, 4) is 11.1 Å². The van der Waals surface area contributed by atoms with Gasteiger partial charge in [0.15, 0.2) is 0 Å². The predicted molar refractivity (Wildman–Crippen MR) is 90.1 cm³/mol. The third kappa shape index (κ3) is 3.77. The molecule has 4 nitrogen and oxygen atoms in total. The van der Waals surface area contributed by atoms with Crippen LogP contribution in [0.15, 0.2) is 42.7 Å². The Kier molecular flexibility index (Phi) is 4.44. The quantitative estimate of drug-likeness (QED) is 0.924. The minimum absolute atomic E-state index is 0.105. The summed E-state index contributed by atoms with van der Waals surface area (Å²) in [4.78, 5) is 18.3. The number of hydrogen-bond donors (Lipinski definition) is 1. The van der Waals surface area contributed by atoms with Crippen LogP contribution in [0.5, 0.6) is 0 Å². The lowest BCUT2D eigenvalue weighted by atomic mass is 10.0. The van der Waals surface area contributed by atoms with Crippen LogP contribution in [0.4, 0.5) is 0 Å². The Morgan fingerprint density at radius 2 is 1.96 bits per heavy atom. The Bertz CT molecular complexity index is 693. The van der Waals surface area contributed by atoms with E-state index in [9.17, 15) is 9.90 Å². The maximum Gasteiger partial charge on any atom is 0.255 e. The Labute approximate surface area is 136 Å². The number of hydrogen-bond acceptors (Lipinski definition) is 3. The molecule has 0 spiro atoms. The Morgan fingerprint density at radius 3 is 2.61 bits per heavy atom. The van der Waals surface area contributed by atoms with E-state index in [0.717, 1.165) is 24.0 Å². The molecule has 1 amide bonds. The van der Waals surface area contributed by atoms with Gasteiger partial charge in [-0.15, -0.1) is 0 Å². The van der Waals surface area contributed by atoms with Crippen LogP contribution in [0, 0.1) is 12.8 Å².